The molecule has 124 valence electrons. The molecule has 0 saturated carbocycles. The van der Waals surface area contributed by atoms with Crippen LogP contribution in [0, 0.1) is 5.82 Å². The molecular weight excluding hydrogens is 307 g/mol. The van der Waals surface area contributed by atoms with Gasteiger partial charge >= 0.3 is 0 Å². The number of halogens is 1. The minimum Gasteiger partial charge on any atom is -0.366 e. The summed E-state index contributed by atoms with van der Waals surface area (Å²) in [4.78, 5) is 25.7. The number of likely N-dealkylation sites (tertiary alicyclic amines) is 1. The van der Waals surface area contributed by atoms with Crippen molar-refractivity contribution in [3.63, 3.8) is 0 Å². The first-order valence-electron chi connectivity index (χ1n) is 7.92. The second-order valence-electron chi connectivity index (χ2n) is 6.23. The number of benzene rings is 2. The van der Waals surface area contributed by atoms with Gasteiger partial charge in [0.2, 0.25) is 5.91 Å². The van der Waals surface area contributed by atoms with E-state index in [0.29, 0.717) is 17.7 Å². The van der Waals surface area contributed by atoms with Crippen molar-refractivity contribution in [2.45, 2.75) is 25.3 Å². The third kappa shape index (κ3) is 3.15. The lowest BCUT2D eigenvalue weighted by atomic mass is 9.97. The third-order valence-corrected chi connectivity index (χ3v) is 4.59. The van der Waals surface area contributed by atoms with E-state index in [1.807, 2.05) is 11.8 Å². The predicted molar refractivity (Wildman–Crippen MR) is 89.2 cm³/mol. The van der Waals surface area contributed by atoms with Gasteiger partial charge in [0.25, 0.3) is 5.91 Å². The van der Waals surface area contributed by atoms with Crippen LogP contribution in [0.1, 0.15) is 45.5 Å². The van der Waals surface area contributed by atoms with Gasteiger partial charge in [0, 0.05) is 29.6 Å². The van der Waals surface area contributed by atoms with Crippen LogP contribution in [0.15, 0.2) is 48.5 Å². The van der Waals surface area contributed by atoms with Gasteiger partial charge in [0.15, 0.2) is 0 Å². The zero-order chi connectivity index (χ0) is 17.3. The maximum Gasteiger partial charge on any atom is 0.254 e. The molecule has 0 bridgehead atoms. The molecule has 0 aliphatic carbocycles. The Morgan fingerprint density at radius 2 is 1.62 bits per heavy atom. The van der Waals surface area contributed by atoms with Crippen LogP contribution in [-0.2, 0) is 0 Å². The van der Waals surface area contributed by atoms with E-state index in [2.05, 4.69) is 0 Å². The monoisotopic (exact) mass is 326 g/mol. The van der Waals surface area contributed by atoms with Gasteiger partial charge in [-0.15, -0.1) is 0 Å². The highest BCUT2D eigenvalue weighted by Crippen LogP contribution is 2.32. The van der Waals surface area contributed by atoms with Crippen molar-refractivity contribution in [3.05, 3.63) is 71.0 Å². The summed E-state index contributed by atoms with van der Waals surface area (Å²) in [6.07, 6.45) is 0.844. The second kappa shape index (κ2) is 6.43. The number of primary amides is 1. The van der Waals surface area contributed by atoms with Crippen LogP contribution in [0.2, 0.25) is 0 Å². The fourth-order valence-electron chi connectivity index (χ4n) is 3.23. The molecule has 2 amide bonds. The molecule has 5 heteroatoms. The quantitative estimate of drug-likeness (QED) is 0.942. The van der Waals surface area contributed by atoms with Gasteiger partial charge in [-0.05, 0) is 55.3 Å². The van der Waals surface area contributed by atoms with Crippen molar-refractivity contribution in [3.8, 4) is 0 Å². The summed E-state index contributed by atoms with van der Waals surface area (Å²) in [5, 5.41) is 0. The molecule has 2 aromatic carbocycles. The van der Waals surface area contributed by atoms with Crippen LogP contribution in [0.3, 0.4) is 0 Å². The fourth-order valence-corrected chi connectivity index (χ4v) is 3.23. The Morgan fingerprint density at radius 3 is 2.21 bits per heavy atom. The topological polar surface area (TPSA) is 63.4 Å². The van der Waals surface area contributed by atoms with E-state index < -0.39 is 5.91 Å². The molecule has 1 heterocycles. The second-order valence-corrected chi connectivity index (χ2v) is 6.23. The molecule has 2 N–H and O–H groups in total. The molecule has 2 aromatic rings. The first-order valence-corrected chi connectivity index (χ1v) is 7.92. The van der Waals surface area contributed by atoms with E-state index in [1.54, 1.807) is 36.4 Å². The predicted octanol–water partition coefficient (Wildman–Crippen LogP) is 2.94. The Kier molecular flexibility index (Phi) is 4.34. The van der Waals surface area contributed by atoms with Gasteiger partial charge < -0.3 is 10.6 Å². The molecule has 1 aliphatic heterocycles. The molecule has 3 rings (SSSR count). The Balaban J connectivity index is 1.75. The highest BCUT2D eigenvalue weighted by atomic mass is 19.1. The Bertz CT molecular complexity index is 756. The lowest BCUT2D eigenvalue weighted by Crippen LogP contribution is -2.34. The third-order valence-electron chi connectivity index (χ3n) is 4.59. The molecule has 0 radical (unpaired) electrons. The van der Waals surface area contributed by atoms with Gasteiger partial charge in [0.05, 0.1) is 0 Å². The molecule has 1 saturated heterocycles. The van der Waals surface area contributed by atoms with E-state index in [9.17, 15) is 14.0 Å². The van der Waals surface area contributed by atoms with Gasteiger partial charge in [-0.25, -0.2) is 4.39 Å². The van der Waals surface area contributed by atoms with Gasteiger partial charge in [-0.1, -0.05) is 12.1 Å². The van der Waals surface area contributed by atoms with Crippen LogP contribution in [0.4, 0.5) is 4.39 Å². The summed E-state index contributed by atoms with van der Waals surface area (Å²) >= 11 is 0. The SMILES string of the molecule is CC1CC(c2ccc(F)cc2)CN1C(=O)c1ccc(C(N)=O)cc1. The maximum absolute atomic E-state index is 13.1. The average Bonchev–Trinajstić information content (AvgIpc) is 2.96. The molecule has 1 fully saturated rings. The number of nitrogens with zero attached hydrogens (tertiary/aromatic N) is 1. The highest BCUT2D eigenvalue weighted by Gasteiger charge is 2.33. The minimum atomic E-state index is -0.514. The number of carbonyl (C=O) groups is 2. The molecule has 4 nitrogen and oxygen atoms in total. The van der Waals surface area contributed by atoms with Crippen LogP contribution in [-0.4, -0.2) is 29.3 Å². The molecule has 2 unspecified atom stereocenters. The van der Waals surface area contributed by atoms with Crippen molar-refractivity contribution in [2.24, 2.45) is 5.73 Å². The summed E-state index contributed by atoms with van der Waals surface area (Å²) in [5.41, 5.74) is 7.17. The molecule has 0 aromatic heterocycles. The van der Waals surface area contributed by atoms with Crippen molar-refractivity contribution < 1.29 is 14.0 Å². The number of amides is 2. The molecule has 24 heavy (non-hydrogen) atoms. The average molecular weight is 326 g/mol. The molecule has 0 spiro atoms. The van der Waals surface area contributed by atoms with Crippen molar-refractivity contribution in [1.29, 1.82) is 0 Å². The largest absolute Gasteiger partial charge is 0.366 e. The summed E-state index contributed by atoms with van der Waals surface area (Å²) in [6, 6.07) is 12.9. The van der Waals surface area contributed by atoms with Gasteiger partial charge in [0.1, 0.15) is 5.82 Å². The Morgan fingerprint density at radius 1 is 1.04 bits per heavy atom. The first kappa shape index (κ1) is 16.2. The number of rotatable bonds is 3. The lowest BCUT2D eigenvalue weighted by molar-refractivity contribution is 0.0745. The smallest absolute Gasteiger partial charge is 0.254 e. The van der Waals surface area contributed by atoms with Gasteiger partial charge in [-0.2, -0.15) is 0 Å². The summed E-state index contributed by atoms with van der Waals surface area (Å²) in [7, 11) is 0. The van der Waals surface area contributed by atoms with E-state index in [1.165, 1.54) is 12.1 Å². The van der Waals surface area contributed by atoms with E-state index in [4.69, 9.17) is 5.73 Å². The van der Waals surface area contributed by atoms with Crippen LogP contribution in [0.25, 0.3) is 0 Å². The van der Waals surface area contributed by atoms with E-state index in [-0.39, 0.29) is 23.7 Å². The Hall–Kier alpha value is -2.69. The zero-order valence-corrected chi connectivity index (χ0v) is 13.4. The normalized spacial score (nSPS) is 20.2. The lowest BCUT2D eigenvalue weighted by Gasteiger charge is -2.21. The zero-order valence-electron chi connectivity index (χ0n) is 13.4. The van der Waals surface area contributed by atoms with Crippen LogP contribution < -0.4 is 5.73 Å². The molecule has 2 atom stereocenters. The van der Waals surface area contributed by atoms with E-state index in [0.717, 1.165) is 12.0 Å². The fraction of sp³-hybridized carbons (Fsp3) is 0.263. The standard InChI is InChI=1S/C19H19FN2O2/c1-12-10-16(13-6-8-17(20)9-7-13)11-22(12)19(24)15-4-2-14(3-5-15)18(21)23/h2-9,12,16H,10-11H2,1H3,(H2,21,23). The minimum absolute atomic E-state index is 0.0665. The summed E-state index contributed by atoms with van der Waals surface area (Å²) < 4.78 is 13.1. The van der Waals surface area contributed by atoms with Crippen molar-refractivity contribution >= 4 is 11.8 Å². The Labute approximate surface area is 140 Å². The van der Waals surface area contributed by atoms with Crippen molar-refractivity contribution in [1.82, 2.24) is 4.90 Å². The number of carbonyl (C=O) groups excluding carboxylic acids is 2. The van der Waals surface area contributed by atoms with Crippen LogP contribution >= 0.6 is 0 Å². The maximum atomic E-state index is 13.1. The summed E-state index contributed by atoms with van der Waals surface area (Å²) in [6.45, 7) is 2.61. The van der Waals surface area contributed by atoms with E-state index >= 15 is 0 Å². The summed E-state index contributed by atoms with van der Waals surface area (Å²) in [5.74, 6) is -0.634. The first-order chi connectivity index (χ1) is 11.5. The highest BCUT2D eigenvalue weighted by molar-refractivity contribution is 5.97. The number of hydrogen-bond donors (Lipinski definition) is 1. The molecule has 1 aliphatic rings. The van der Waals surface area contributed by atoms with Gasteiger partial charge in [-0.3, -0.25) is 9.59 Å². The molecular formula is C19H19FN2O2. The number of nitrogens with two attached hydrogens (primary N) is 1. The van der Waals surface area contributed by atoms with Crippen molar-refractivity contribution in [2.75, 3.05) is 6.54 Å². The van der Waals surface area contributed by atoms with Crippen LogP contribution in [0.5, 0.6) is 0 Å². The number of hydrogen-bond acceptors (Lipinski definition) is 2.